The number of anilines is 2. The predicted octanol–water partition coefficient (Wildman–Crippen LogP) is 1.60. The third kappa shape index (κ3) is 4.49. The number of carbonyl (C=O) groups excluding carboxylic acids is 1. The summed E-state index contributed by atoms with van der Waals surface area (Å²) >= 11 is 0. The molecule has 0 spiro atoms. The van der Waals surface area contributed by atoms with Gasteiger partial charge in [0.25, 0.3) is 0 Å². The molecular formula is C21H28N6O2. The van der Waals surface area contributed by atoms with Crippen molar-refractivity contribution in [1.82, 2.24) is 20.2 Å². The molecule has 0 saturated carbocycles. The molecule has 3 N–H and O–H groups in total. The summed E-state index contributed by atoms with van der Waals surface area (Å²) in [4.78, 5) is 24.3. The van der Waals surface area contributed by atoms with Gasteiger partial charge >= 0.3 is 0 Å². The van der Waals surface area contributed by atoms with Crippen LogP contribution in [0.2, 0.25) is 0 Å². The van der Waals surface area contributed by atoms with Crippen LogP contribution in [0, 0.1) is 0 Å². The normalized spacial score (nSPS) is 18.9. The van der Waals surface area contributed by atoms with E-state index in [2.05, 4.69) is 20.9 Å². The van der Waals surface area contributed by atoms with E-state index in [4.69, 9.17) is 14.7 Å². The molecule has 1 saturated heterocycles. The summed E-state index contributed by atoms with van der Waals surface area (Å²) in [5.74, 6) is 2.94. The first kappa shape index (κ1) is 19.6. The van der Waals surface area contributed by atoms with Gasteiger partial charge in [-0.3, -0.25) is 9.69 Å². The number of fused-ring (bicyclic) bond motifs is 1. The van der Waals surface area contributed by atoms with Gasteiger partial charge in [-0.25, -0.2) is 9.97 Å². The topological polar surface area (TPSA) is 91.4 Å². The Hall–Kier alpha value is -2.71. The first-order valence-electron chi connectivity index (χ1n) is 10.1. The van der Waals surface area contributed by atoms with E-state index in [1.54, 1.807) is 7.11 Å². The summed E-state index contributed by atoms with van der Waals surface area (Å²) < 4.78 is 5.15. The average molecular weight is 396 g/mol. The zero-order valence-electron chi connectivity index (χ0n) is 17.0. The predicted molar refractivity (Wildman–Crippen MR) is 112 cm³/mol. The number of nitrogens with zero attached hydrogens (tertiary/aromatic N) is 3. The monoisotopic (exact) mass is 396 g/mol. The van der Waals surface area contributed by atoms with Gasteiger partial charge in [0.1, 0.15) is 17.4 Å². The second-order valence-electron chi connectivity index (χ2n) is 7.53. The number of ether oxygens (including phenoxy) is 1. The van der Waals surface area contributed by atoms with Crippen LogP contribution in [0.15, 0.2) is 24.3 Å². The fourth-order valence-corrected chi connectivity index (χ4v) is 3.98. The van der Waals surface area contributed by atoms with Crippen LogP contribution < -0.4 is 20.7 Å². The lowest BCUT2D eigenvalue weighted by atomic mass is 10.0. The lowest BCUT2D eigenvalue weighted by Gasteiger charge is -2.29. The number of rotatable bonds is 6. The van der Waals surface area contributed by atoms with Crippen molar-refractivity contribution in [3.63, 3.8) is 0 Å². The van der Waals surface area contributed by atoms with Crippen LogP contribution in [0.1, 0.15) is 29.4 Å². The van der Waals surface area contributed by atoms with E-state index in [1.807, 2.05) is 31.3 Å². The largest absolute Gasteiger partial charge is 0.497 e. The number of methoxy groups -OCH3 is 1. The first-order valence-corrected chi connectivity index (χ1v) is 10.1. The van der Waals surface area contributed by atoms with Gasteiger partial charge in [-0.1, -0.05) is 0 Å². The Bertz CT molecular complexity index is 864. The van der Waals surface area contributed by atoms with Gasteiger partial charge in [-0.15, -0.1) is 0 Å². The van der Waals surface area contributed by atoms with E-state index in [0.717, 1.165) is 61.2 Å². The Labute approximate surface area is 171 Å². The highest BCUT2D eigenvalue weighted by Gasteiger charge is 2.26. The summed E-state index contributed by atoms with van der Waals surface area (Å²) in [6.45, 7) is 3.75. The molecule has 1 aromatic carbocycles. The summed E-state index contributed by atoms with van der Waals surface area (Å²) in [5, 5.41) is 9.57. The first-order chi connectivity index (χ1) is 14.2. The molecule has 2 aliphatic heterocycles. The minimum Gasteiger partial charge on any atom is -0.497 e. The van der Waals surface area contributed by atoms with Crippen molar-refractivity contribution in [3.05, 3.63) is 41.3 Å². The van der Waals surface area contributed by atoms with Crippen LogP contribution in [-0.2, 0) is 17.8 Å². The standard InChI is InChI=1S/C21H28N6O2/c1-22-21-17-8-10-27(12-18(17)25-20(26-21)14-7-9-23-11-14)13-19(28)24-15-3-5-16(29-2)6-4-15/h3-6,14,23H,7-13H2,1-2H3,(H,24,28)(H,22,25,26). The van der Waals surface area contributed by atoms with E-state index < -0.39 is 0 Å². The highest BCUT2D eigenvalue weighted by atomic mass is 16.5. The van der Waals surface area contributed by atoms with E-state index in [-0.39, 0.29) is 5.91 Å². The van der Waals surface area contributed by atoms with Crippen LogP contribution in [0.25, 0.3) is 0 Å². The fourth-order valence-electron chi connectivity index (χ4n) is 3.98. The molecule has 0 bridgehead atoms. The molecular weight excluding hydrogens is 368 g/mol. The molecule has 8 heteroatoms. The van der Waals surface area contributed by atoms with Crippen LogP contribution in [0.5, 0.6) is 5.75 Å². The third-order valence-electron chi connectivity index (χ3n) is 5.56. The number of nitrogens with one attached hydrogen (secondary N) is 3. The fraction of sp³-hybridized carbons (Fsp3) is 0.476. The van der Waals surface area contributed by atoms with Gasteiger partial charge in [0.15, 0.2) is 0 Å². The van der Waals surface area contributed by atoms with Gasteiger partial charge < -0.3 is 20.7 Å². The molecule has 1 unspecified atom stereocenters. The van der Waals surface area contributed by atoms with Gasteiger partial charge in [0.2, 0.25) is 5.91 Å². The highest BCUT2D eigenvalue weighted by Crippen LogP contribution is 2.27. The van der Waals surface area contributed by atoms with Gasteiger partial charge in [0, 0.05) is 43.9 Å². The number of carbonyl (C=O) groups is 1. The Balaban J connectivity index is 1.43. The Morgan fingerprint density at radius 2 is 2.14 bits per heavy atom. The van der Waals surface area contributed by atoms with Crippen molar-refractivity contribution in [2.45, 2.75) is 25.3 Å². The maximum atomic E-state index is 12.5. The minimum atomic E-state index is -0.0262. The van der Waals surface area contributed by atoms with Crippen molar-refractivity contribution < 1.29 is 9.53 Å². The molecule has 1 amide bonds. The lowest BCUT2D eigenvalue weighted by molar-refractivity contribution is -0.117. The van der Waals surface area contributed by atoms with Crippen LogP contribution >= 0.6 is 0 Å². The number of aromatic nitrogens is 2. The maximum absolute atomic E-state index is 12.5. The second kappa shape index (κ2) is 8.75. The maximum Gasteiger partial charge on any atom is 0.238 e. The van der Waals surface area contributed by atoms with E-state index in [1.165, 1.54) is 5.56 Å². The van der Waals surface area contributed by atoms with Gasteiger partial charge in [0.05, 0.1) is 19.3 Å². The summed E-state index contributed by atoms with van der Waals surface area (Å²) in [7, 11) is 3.54. The zero-order valence-corrected chi connectivity index (χ0v) is 17.0. The zero-order chi connectivity index (χ0) is 20.2. The van der Waals surface area contributed by atoms with Crippen molar-refractivity contribution in [3.8, 4) is 5.75 Å². The van der Waals surface area contributed by atoms with E-state index in [0.29, 0.717) is 19.0 Å². The molecule has 8 nitrogen and oxygen atoms in total. The van der Waals surface area contributed by atoms with Crippen molar-refractivity contribution in [2.75, 3.05) is 51.0 Å². The molecule has 2 aromatic rings. The molecule has 1 aromatic heterocycles. The van der Waals surface area contributed by atoms with Crippen molar-refractivity contribution in [2.24, 2.45) is 0 Å². The van der Waals surface area contributed by atoms with Crippen LogP contribution in [0.4, 0.5) is 11.5 Å². The summed E-state index contributed by atoms with van der Waals surface area (Å²) in [6.07, 6.45) is 1.90. The second-order valence-corrected chi connectivity index (χ2v) is 7.53. The van der Waals surface area contributed by atoms with Crippen LogP contribution in [0.3, 0.4) is 0 Å². The molecule has 154 valence electrons. The molecule has 29 heavy (non-hydrogen) atoms. The number of benzene rings is 1. The van der Waals surface area contributed by atoms with Crippen LogP contribution in [-0.4, -0.2) is 61.1 Å². The molecule has 2 aliphatic rings. The summed E-state index contributed by atoms with van der Waals surface area (Å²) in [6, 6.07) is 7.36. The van der Waals surface area contributed by atoms with Gasteiger partial charge in [-0.05, 0) is 43.7 Å². The molecule has 4 rings (SSSR count). The van der Waals surface area contributed by atoms with E-state index in [9.17, 15) is 4.79 Å². The molecule has 3 heterocycles. The smallest absolute Gasteiger partial charge is 0.238 e. The summed E-state index contributed by atoms with van der Waals surface area (Å²) in [5.41, 5.74) is 2.98. The van der Waals surface area contributed by atoms with Crippen molar-refractivity contribution in [1.29, 1.82) is 0 Å². The highest BCUT2D eigenvalue weighted by molar-refractivity contribution is 5.92. The minimum absolute atomic E-state index is 0.0262. The Morgan fingerprint density at radius 3 is 2.83 bits per heavy atom. The number of hydrogen-bond acceptors (Lipinski definition) is 7. The SMILES string of the molecule is CNc1nc(C2CCNC2)nc2c1CCN(CC(=O)Nc1ccc(OC)cc1)C2. The third-order valence-corrected chi connectivity index (χ3v) is 5.56. The van der Waals surface area contributed by atoms with Gasteiger partial charge in [-0.2, -0.15) is 0 Å². The number of amides is 1. The quantitative estimate of drug-likeness (QED) is 0.683. The lowest BCUT2D eigenvalue weighted by Crippen LogP contribution is -2.38. The molecule has 1 atom stereocenters. The molecule has 1 fully saturated rings. The van der Waals surface area contributed by atoms with E-state index >= 15 is 0 Å². The Kier molecular flexibility index (Phi) is 5.92. The number of hydrogen-bond donors (Lipinski definition) is 3. The van der Waals surface area contributed by atoms with Crippen molar-refractivity contribution >= 4 is 17.4 Å². The molecule has 0 radical (unpaired) electrons. The molecule has 0 aliphatic carbocycles. The average Bonchev–Trinajstić information content (AvgIpc) is 3.28. The Morgan fingerprint density at radius 1 is 1.31 bits per heavy atom.